The maximum absolute atomic E-state index is 12.8. The lowest BCUT2D eigenvalue weighted by molar-refractivity contribution is -0.173. The number of benzene rings is 1. The summed E-state index contributed by atoms with van der Waals surface area (Å²) >= 11 is 1.38. The number of hydrogen-bond acceptors (Lipinski definition) is 10. The smallest absolute Gasteiger partial charge is 0.333 e. The molecule has 1 aromatic rings. The number of nitrogens with two attached hydrogens (primary N) is 1. The molecule has 32 heavy (non-hydrogen) atoms. The van der Waals surface area contributed by atoms with E-state index in [1.165, 1.54) is 16.7 Å². The summed E-state index contributed by atoms with van der Waals surface area (Å²) in [5.74, 6) is -0.398. The lowest BCUT2D eigenvalue weighted by Gasteiger charge is -2.44. The molecule has 0 aliphatic carbocycles. The lowest BCUT2D eigenvalue weighted by Crippen LogP contribution is -2.71. The first-order valence-corrected chi connectivity index (χ1v) is 10.8. The van der Waals surface area contributed by atoms with E-state index >= 15 is 0 Å². The molecule has 12 heteroatoms. The predicted octanol–water partition coefficient (Wildman–Crippen LogP) is -0.494. The molecule has 0 aromatic heterocycles. The molecule has 1 aromatic carbocycles. The first-order chi connectivity index (χ1) is 15.2. The summed E-state index contributed by atoms with van der Waals surface area (Å²) in [7, 11) is 0. The van der Waals surface area contributed by atoms with Crippen LogP contribution < -0.4 is 20.5 Å². The van der Waals surface area contributed by atoms with E-state index in [1.54, 1.807) is 32.0 Å². The molecule has 3 aliphatic rings. The van der Waals surface area contributed by atoms with Crippen molar-refractivity contribution in [3.63, 3.8) is 0 Å². The van der Waals surface area contributed by atoms with Crippen LogP contribution >= 0.6 is 11.8 Å². The third-order valence-electron chi connectivity index (χ3n) is 5.55. The van der Waals surface area contributed by atoms with Crippen LogP contribution in [-0.2, 0) is 35.1 Å². The Bertz CT molecular complexity index is 955. The van der Waals surface area contributed by atoms with Gasteiger partial charge in [0.2, 0.25) is 25.4 Å². The van der Waals surface area contributed by atoms with Crippen LogP contribution in [-0.4, -0.2) is 71.0 Å². The van der Waals surface area contributed by atoms with E-state index in [2.05, 4.69) is 10.1 Å². The summed E-state index contributed by atoms with van der Waals surface area (Å²) < 4.78 is 19.4. The van der Waals surface area contributed by atoms with Gasteiger partial charge in [-0.2, -0.15) is 0 Å². The van der Waals surface area contributed by atoms with Crippen LogP contribution in [0.15, 0.2) is 18.2 Å². The topological polar surface area (TPSA) is 146 Å². The Labute approximate surface area is 187 Å². The van der Waals surface area contributed by atoms with Crippen LogP contribution in [0.4, 0.5) is 0 Å². The molecule has 0 radical (unpaired) electrons. The zero-order valence-corrected chi connectivity index (χ0v) is 18.3. The number of carbonyl (C=O) groups excluding carboxylic acids is 4. The average Bonchev–Trinajstić information content (AvgIpc) is 3.33. The van der Waals surface area contributed by atoms with Crippen LogP contribution in [0.2, 0.25) is 0 Å². The molecule has 1 unspecified atom stereocenters. The third kappa shape index (κ3) is 3.84. The normalized spacial score (nSPS) is 25.4. The number of carbonyl (C=O) groups is 4. The van der Waals surface area contributed by atoms with Crippen molar-refractivity contribution in [2.45, 2.75) is 48.5 Å². The zero-order valence-electron chi connectivity index (χ0n) is 17.4. The highest BCUT2D eigenvalue weighted by molar-refractivity contribution is 8.01. The van der Waals surface area contributed by atoms with E-state index < -0.39 is 52.8 Å². The number of hydrogen-bond donors (Lipinski definition) is 2. The number of β-lactam (4-membered cyclic amide) rings is 1. The highest BCUT2D eigenvalue weighted by Gasteiger charge is 2.64. The van der Waals surface area contributed by atoms with Gasteiger partial charge in [-0.3, -0.25) is 14.4 Å². The van der Waals surface area contributed by atoms with Gasteiger partial charge in [0, 0.05) is 16.7 Å². The van der Waals surface area contributed by atoms with Gasteiger partial charge in [-0.25, -0.2) is 4.79 Å². The molecule has 0 spiro atoms. The Morgan fingerprint density at radius 3 is 2.94 bits per heavy atom. The molecule has 0 bridgehead atoms. The first-order valence-electron chi connectivity index (χ1n) is 9.90. The predicted molar refractivity (Wildman–Crippen MR) is 110 cm³/mol. The van der Waals surface area contributed by atoms with Gasteiger partial charge in [-0.05, 0) is 19.9 Å². The average molecular weight is 465 g/mol. The highest BCUT2D eigenvalue weighted by Crippen LogP contribution is 2.51. The van der Waals surface area contributed by atoms with Crippen LogP contribution in [0.1, 0.15) is 19.4 Å². The Morgan fingerprint density at radius 1 is 1.41 bits per heavy atom. The van der Waals surface area contributed by atoms with Gasteiger partial charge in [-0.15, -0.1) is 11.8 Å². The molecular weight excluding hydrogens is 442 g/mol. The van der Waals surface area contributed by atoms with E-state index in [0.717, 1.165) is 5.56 Å². The SMILES string of the molecule is CC1(C)S[C@@H]2[C@H](NC(=O)C(N)Cc3cccc4c3OCO4)C(=O)N2[C@H]1C(=O)OCOC=O. The minimum Gasteiger partial charge on any atom is -0.454 e. The van der Waals surface area contributed by atoms with E-state index in [-0.39, 0.29) is 19.7 Å². The van der Waals surface area contributed by atoms with E-state index in [0.29, 0.717) is 11.5 Å². The number of ether oxygens (including phenoxy) is 4. The number of para-hydroxylation sites is 1. The van der Waals surface area contributed by atoms with E-state index in [1.807, 2.05) is 0 Å². The van der Waals surface area contributed by atoms with Crippen LogP contribution in [0, 0.1) is 0 Å². The van der Waals surface area contributed by atoms with Crippen molar-refractivity contribution < 1.29 is 38.1 Å². The summed E-state index contributed by atoms with van der Waals surface area (Å²) in [6.07, 6.45) is 0.206. The summed E-state index contributed by atoms with van der Waals surface area (Å²) in [6, 6.07) is 2.78. The Morgan fingerprint density at radius 2 is 2.19 bits per heavy atom. The number of nitrogens with one attached hydrogen (secondary N) is 1. The van der Waals surface area contributed by atoms with Gasteiger partial charge in [-0.1, -0.05) is 12.1 Å². The molecule has 0 saturated carbocycles. The monoisotopic (exact) mass is 465 g/mol. The number of rotatable bonds is 8. The molecule has 4 rings (SSSR count). The minimum absolute atomic E-state index is 0.111. The molecule has 2 fully saturated rings. The van der Waals surface area contributed by atoms with E-state index in [4.69, 9.17) is 19.9 Å². The molecule has 2 saturated heterocycles. The van der Waals surface area contributed by atoms with Crippen LogP contribution in [0.25, 0.3) is 0 Å². The van der Waals surface area contributed by atoms with Gasteiger partial charge in [0.1, 0.15) is 17.5 Å². The standard InChI is InChI=1S/C20H23N3O8S/c1-20(2)15(19(27)31-8-28-7-24)23-17(26)13(18(23)32-20)22-16(25)11(21)6-10-4-3-5-12-14(10)30-9-29-12/h3-5,7,11,13,15,18H,6,8-9,21H2,1-2H3,(H,22,25)/t11?,13-,15+,18-/m1/s1. The minimum atomic E-state index is -0.909. The summed E-state index contributed by atoms with van der Waals surface area (Å²) in [4.78, 5) is 49.6. The Kier molecular flexibility index (Phi) is 5.91. The fourth-order valence-corrected chi connectivity index (χ4v) is 5.69. The lowest BCUT2D eigenvalue weighted by atomic mass is 9.95. The van der Waals surface area contributed by atoms with E-state index in [9.17, 15) is 19.2 Å². The Balaban J connectivity index is 1.38. The summed E-state index contributed by atoms with van der Waals surface area (Å²) in [5.41, 5.74) is 6.83. The van der Waals surface area contributed by atoms with Crippen molar-refractivity contribution in [1.82, 2.24) is 10.2 Å². The fraction of sp³-hybridized carbons (Fsp3) is 0.500. The third-order valence-corrected chi connectivity index (χ3v) is 7.13. The van der Waals surface area contributed by atoms with Gasteiger partial charge in [0.25, 0.3) is 6.47 Å². The van der Waals surface area contributed by atoms with Crippen LogP contribution in [0.5, 0.6) is 11.5 Å². The van der Waals surface area contributed by atoms with Crippen molar-refractivity contribution in [3.8, 4) is 11.5 Å². The fourth-order valence-electron chi connectivity index (χ4n) is 4.07. The van der Waals surface area contributed by atoms with Crippen molar-refractivity contribution in [3.05, 3.63) is 23.8 Å². The second-order valence-corrected chi connectivity index (χ2v) is 9.82. The molecule has 3 heterocycles. The summed E-state index contributed by atoms with van der Waals surface area (Å²) in [5, 5.41) is 2.27. The van der Waals surface area contributed by atoms with Crippen molar-refractivity contribution in [2.75, 3.05) is 13.6 Å². The number of amides is 2. The van der Waals surface area contributed by atoms with Crippen molar-refractivity contribution in [2.24, 2.45) is 5.73 Å². The number of thioether (sulfide) groups is 1. The van der Waals surface area contributed by atoms with Gasteiger partial charge >= 0.3 is 5.97 Å². The molecule has 4 atom stereocenters. The molecule has 2 amide bonds. The second-order valence-electron chi connectivity index (χ2n) is 8.05. The van der Waals surface area contributed by atoms with Crippen molar-refractivity contribution in [1.29, 1.82) is 0 Å². The Hall–Kier alpha value is -2.99. The zero-order chi connectivity index (χ0) is 23.0. The maximum atomic E-state index is 12.8. The first kappa shape index (κ1) is 22.2. The molecule has 3 aliphatic heterocycles. The largest absolute Gasteiger partial charge is 0.454 e. The molecular formula is C20H23N3O8S. The number of fused-ring (bicyclic) bond motifs is 2. The highest BCUT2D eigenvalue weighted by atomic mass is 32.2. The second kappa shape index (κ2) is 8.51. The van der Waals surface area contributed by atoms with Crippen LogP contribution in [0.3, 0.4) is 0 Å². The molecule has 172 valence electrons. The van der Waals surface area contributed by atoms with Crippen molar-refractivity contribution >= 4 is 36.0 Å². The maximum Gasteiger partial charge on any atom is 0.333 e. The van der Waals surface area contributed by atoms with Gasteiger partial charge in [0.05, 0.1) is 6.04 Å². The van der Waals surface area contributed by atoms with Gasteiger partial charge in [0.15, 0.2) is 11.5 Å². The van der Waals surface area contributed by atoms with Gasteiger partial charge < -0.3 is 34.9 Å². The molecule has 11 nitrogen and oxygen atoms in total. The quantitative estimate of drug-likeness (QED) is 0.169. The summed E-state index contributed by atoms with van der Waals surface area (Å²) in [6.45, 7) is 3.35. The molecule has 3 N–H and O–H groups in total. The number of esters is 1. The number of nitrogens with zero attached hydrogens (tertiary/aromatic N) is 1.